The van der Waals surface area contributed by atoms with E-state index < -0.39 is 11.9 Å². The minimum atomic E-state index is -0.624. The third-order valence-corrected chi connectivity index (χ3v) is 2.83. The highest BCUT2D eigenvalue weighted by Crippen LogP contribution is 2.29. The average Bonchev–Trinajstić information content (AvgIpc) is 2.41. The summed E-state index contributed by atoms with van der Waals surface area (Å²) in [7, 11) is 0. The molecule has 0 aliphatic heterocycles. The van der Waals surface area contributed by atoms with Crippen molar-refractivity contribution >= 4 is 5.97 Å². The first-order chi connectivity index (χ1) is 9.09. The molecule has 2 aromatic carbocycles. The molecule has 0 spiro atoms. The highest BCUT2D eigenvalue weighted by molar-refractivity contribution is 5.81. The highest BCUT2D eigenvalue weighted by atomic mass is 16.5. The standard InChI is InChI=1S/C15H14O4/c1-10(11-6-2-3-7-12(11)16)15(18)19-14-9-5-4-8-13(14)17/h2-10,16-17H,1H3. The Hall–Kier alpha value is -2.49. The fraction of sp³-hybridized carbons (Fsp3) is 0.133. The molecule has 2 N–H and O–H groups in total. The fourth-order valence-corrected chi connectivity index (χ4v) is 1.72. The van der Waals surface area contributed by atoms with E-state index >= 15 is 0 Å². The summed E-state index contributed by atoms with van der Waals surface area (Å²) in [5.41, 5.74) is 0.489. The summed E-state index contributed by atoms with van der Waals surface area (Å²) in [4.78, 5) is 12.0. The summed E-state index contributed by atoms with van der Waals surface area (Å²) < 4.78 is 5.12. The van der Waals surface area contributed by atoms with Gasteiger partial charge in [-0.2, -0.15) is 0 Å². The van der Waals surface area contributed by atoms with Crippen LogP contribution in [0.2, 0.25) is 0 Å². The lowest BCUT2D eigenvalue weighted by atomic mass is 10.0. The van der Waals surface area contributed by atoms with Gasteiger partial charge in [0.05, 0.1) is 5.92 Å². The number of phenolic OH excluding ortho intramolecular Hbond substituents is 2. The monoisotopic (exact) mass is 258 g/mol. The predicted octanol–water partition coefficient (Wildman–Crippen LogP) is 2.81. The van der Waals surface area contributed by atoms with Crippen molar-refractivity contribution < 1.29 is 19.7 Å². The quantitative estimate of drug-likeness (QED) is 0.656. The zero-order chi connectivity index (χ0) is 13.8. The fourth-order valence-electron chi connectivity index (χ4n) is 1.72. The van der Waals surface area contributed by atoms with Gasteiger partial charge in [0.25, 0.3) is 0 Å². The number of para-hydroxylation sites is 3. The first kappa shape index (κ1) is 13.0. The predicted molar refractivity (Wildman–Crippen MR) is 70.3 cm³/mol. The van der Waals surface area contributed by atoms with Crippen LogP contribution in [-0.4, -0.2) is 16.2 Å². The molecule has 4 heteroatoms. The molecular formula is C15H14O4. The third-order valence-electron chi connectivity index (χ3n) is 2.83. The molecule has 0 saturated heterocycles. The summed E-state index contributed by atoms with van der Waals surface area (Å²) in [6.45, 7) is 1.64. The van der Waals surface area contributed by atoms with Gasteiger partial charge in [-0.1, -0.05) is 30.3 Å². The molecule has 0 fully saturated rings. The normalized spacial score (nSPS) is 11.8. The minimum Gasteiger partial charge on any atom is -0.508 e. The largest absolute Gasteiger partial charge is 0.508 e. The molecule has 0 aliphatic carbocycles. The number of carbonyl (C=O) groups is 1. The van der Waals surface area contributed by atoms with Gasteiger partial charge in [-0.25, -0.2) is 0 Å². The molecule has 1 unspecified atom stereocenters. The summed E-state index contributed by atoms with van der Waals surface area (Å²) in [5.74, 6) is -1.11. The maximum Gasteiger partial charge on any atom is 0.318 e. The lowest BCUT2D eigenvalue weighted by Gasteiger charge is -2.13. The summed E-state index contributed by atoms with van der Waals surface area (Å²) in [6, 6.07) is 12.8. The smallest absolute Gasteiger partial charge is 0.318 e. The molecule has 0 amide bonds. The Labute approximate surface area is 110 Å². The van der Waals surface area contributed by atoms with Crippen LogP contribution >= 0.6 is 0 Å². The molecule has 1 atom stereocenters. The van der Waals surface area contributed by atoms with Crippen LogP contribution in [-0.2, 0) is 4.79 Å². The average molecular weight is 258 g/mol. The Balaban J connectivity index is 2.17. The number of hydrogen-bond acceptors (Lipinski definition) is 4. The van der Waals surface area contributed by atoms with Crippen LogP contribution in [0.4, 0.5) is 0 Å². The maximum absolute atomic E-state index is 12.0. The van der Waals surface area contributed by atoms with E-state index in [-0.39, 0.29) is 17.2 Å². The second-order valence-electron chi connectivity index (χ2n) is 4.17. The number of phenols is 2. The number of esters is 1. The minimum absolute atomic E-state index is 0.0456. The van der Waals surface area contributed by atoms with Crippen molar-refractivity contribution in [3.63, 3.8) is 0 Å². The van der Waals surface area contributed by atoms with Crippen LogP contribution in [0.1, 0.15) is 18.4 Å². The number of rotatable bonds is 3. The SMILES string of the molecule is CC(C(=O)Oc1ccccc1O)c1ccccc1O. The van der Waals surface area contributed by atoms with E-state index in [2.05, 4.69) is 0 Å². The molecule has 19 heavy (non-hydrogen) atoms. The van der Waals surface area contributed by atoms with Crippen LogP contribution in [0.15, 0.2) is 48.5 Å². The van der Waals surface area contributed by atoms with Gasteiger partial charge >= 0.3 is 5.97 Å². The van der Waals surface area contributed by atoms with E-state index in [0.717, 1.165) is 0 Å². The maximum atomic E-state index is 12.0. The Bertz CT molecular complexity index is 592. The van der Waals surface area contributed by atoms with Crippen molar-refractivity contribution in [1.82, 2.24) is 0 Å². The Morgan fingerprint density at radius 3 is 2.21 bits per heavy atom. The summed E-state index contributed by atoms with van der Waals surface area (Å²) >= 11 is 0. The molecule has 2 aromatic rings. The van der Waals surface area contributed by atoms with Gasteiger partial charge in [0.1, 0.15) is 5.75 Å². The van der Waals surface area contributed by atoms with Gasteiger partial charge in [0, 0.05) is 5.56 Å². The lowest BCUT2D eigenvalue weighted by molar-refractivity contribution is -0.135. The van der Waals surface area contributed by atoms with Crippen LogP contribution in [0.5, 0.6) is 17.2 Å². The molecule has 0 saturated carbocycles. The number of ether oxygens (including phenoxy) is 1. The molecule has 0 bridgehead atoms. The van der Waals surface area contributed by atoms with E-state index in [1.165, 1.54) is 18.2 Å². The Morgan fingerprint density at radius 1 is 1.00 bits per heavy atom. The van der Waals surface area contributed by atoms with Crippen molar-refractivity contribution in [2.45, 2.75) is 12.8 Å². The van der Waals surface area contributed by atoms with Crippen molar-refractivity contribution in [2.24, 2.45) is 0 Å². The number of carbonyl (C=O) groups excluding carboxylic acids is 1. The number of hydrogen-bond donors (Lipinski definition) is 2. The van der Waals surface area contributed by atoms with Crippen molar-refractivity contribution in [3.8, 4) is 17.2 Å². The molecule has 4 nitrogen and oxygen atoms in total. The molecular weight excluding hydrogens is 244 g/mol. The number of aromatic hydroxyl groups is 2. The van der Waals surface area contributed by atoms with Gasteiger partial charge < -0.3 is 14.9 Å². The second-order valence-corrected chi connectivity index (χ2v) is 4.17. The van der Waals surface area contributed by atoms with Crippen LogP contribution < -0.4 is 4.74 Å². The van der Waals surface area contributed by atoms with Crippen LogP contribution in [0.25, 0.3) is 0 Å². The molecule has 0 aromatic heterocycles. The van der Waals surface area contributed by atoms with Gasteiger partial charge in [-0.05, 0) is 25.1 Å². The topological polar surface area (TPSA) is 66.8 Å². The van der Waals surface area contributed by atoms with Gasteiger partial charge in [0.15, 0.2) is 11.5 Å². The van der Waals surface area contributed by atoms with Gasteiger partial charge in [-0.3, -0.25) is 4.79 Å². The lowest BCUT2D eigenvalue weighted by Crippen LogP contribution is -2.16. The van der Waals surface area contributed by atoms with E-state index in [0.29, 0.717) is 5.56 Å². The van der Waals surface area contributed by atoms with E-state index in [4.69, 9.17) is 4.74 Å². The summed E-state index contributed by atoms with van der Waals surface area (Å²) in [5, 5.41) is 19.2. The molecule has 98 valence electrons. The zero-order valence-corrected chi connectivity index (χ0v) is 10.4. The Kier molecular flexibility index (Phi) is 3.71. The van der Waals surface area contributed by atoms with Crippen molar-refractivity contribution in [3.05, 3.63) is 54.1 Å². The number of benzene rings is 2. The van der Waals surface area contributed by atoms with Crippen molar-refractivity contribution in [2.75, 3.05) is 0 Å². The van der Waals surface area contributed by atoms with Crippen LogP contribution in [0.3, 0.4) is 0 Å². The second kappa shape index (κ2) is 5.44. The molecule has 0 aliphatic rings. The third kappa shape index (κ3) is 2.85. The highest BCUT2D eigenvalue weighted by Gasteiger charge is 2.21. The first-order valence-corrected chi connectivity index (χ1v) is 5.87. The van der Waals surface area contributed by atoms with E-state index in [1.54, 1.807) is 37.3 Å². The Morgan fingerprint density at radius 2 is 1.58 bits per heavy atom. The molecule has 2 rings (SSSR count). The molecule has 0 radical (unpaired) electrons. The zero-order valence-electron chi connectivity index (χ0n) is 10.4. The van der Waals surface area contributed by atoms with E-state index in [1.807, 2.05) is 0 Å². The van der Waals surface area contributed by atoms with E-state index in [9.17, 15) is 15.0 Å². The van der Waals surface area contributed by atoms with Crippen molar-refractivity contribution in [1.29, 1.82) is 0 Å². The first-order valence-electron chi connectivity index (χ1n) is 5.87. The molecule has 0 heterocycles. The van der Waals surface area contributed by atoms with Gasteiger partial charge in [-0.15, -0.1) is 0 Å². The van der Waals surface area contributed by atoms with Gasteiger partial charge in [0.2, 0.25) is 0 Å². The summed E-state index contributed by atoms with van der Waals surface area (Å²) in [6.07, 6.45) is 0. The van der Waals surface area contributed by atoms with Crippen LogP contribution in [0, 0.1) is 0 Å².